The summed E-state index contributed by atoms with van der Waals surface area (Å²) in [5.74, 6) is 0.982. The van der Waals surface area contributed by atoms with Crippen molar-refractivity contribution in [2.24, 2.45) is 11.8 Å². The first-order chi connectivity index (χ1) is 19.2. The molecule has 2 atom stereocenters. The number of ether oxygens (including phenoxy) is 3. The zero-order valence-corrected chi connectivity index (χ0v) is 24.1. The van der Waals surface area contributed by atoms with Crippen LogP contribution in [0.15, 0.2) is 71.5 Å². The van der Waals surface area contributed by atoms with E-state index < -0.39 is 11.5 Å². The molecule has 3 aromatic rings. The van der Waals surface area contributed by atoms with Gasteiger partial charge in [-0.15, -0.1) is 0 Å². The second-order valence-electron chi connectivity index (χ2n) is 9.33. The van der Waals surface area contributed by atoms with Crippen molar-refractivity contribution in [3.05, 3.63) is 98.2 Å². The lowest BCUT2D eigenvalue weighted by Crippen LogP contribution is -2.37. The number of nitrogen functional groups attached to an aromatic ring is 1. The summed E-state index contributed by atoms with van der Waals surface area (Å²) in [7, 11) is 4.43. The molecule has 210 valence electrons. The van der Waals surface area contributed by atoms with Crippen LogP contribution in [0, 0.1) is 11.8 Å². The summed E-state index contributed by atoms with van der Waals surface area (Å²) in [5, 5.41) is 0.268. The minimum atomic E-state index is -0.835. The van der Waals surface area contributed by atoms with Gasteiger partial charge in [-0.05, 0) is 47.9 Å². The number of nitrogens with two attached hydrogens (primary N) is 1. The maximum Gasteiger partial charge on any atom is 0.347 e. The quantitative estimate of drug-likeness (QED) is 0.267. The summed E-state index contributed by atoms with van der Waals surface area (Å²) in [5.41, 5.74) is 6.33. The van der Waals surface area contributed by atoms with E-state index in [1.54, 1.807) is 14.2 Å². The van der Waals surface area contributed by atoms with Crippen LogP contribution in [0.3, 0.4) is 0 Å². The highest BCUT2D eigenvalue weighted by Crippen LogP contribution is 2.32. The lowest BCUT2D eigenvalue weighted by Gasteiger charge is -2.32. The number of aromatic nitrogens is 2. The van der Waals surface area contributed by atoms with Crippen molar-refractivity contribution in [3.8, 4) is 11.4 Å². The van der Waals surface area contributed by atoms with Crippen molar-refractivity contribution < 1.29 is 19.0 Å². The van der Waals surface area contributed by atoms with Gasteiger partial charge in [0.2, 0.25) is 0 Å². The third-order valence-corrected chi connectivity index (χ3v) is 7.31. The largest absolute Gasteiger partial charge is 0.497 e. The van der Waals surface area contributed by atoms with Crippen molar-refractivity contribution in [1.29, 1.82) is 0 Å². The van der Waals surface area contributed by atoms with Gasteiger partial charge in [0.1, 0.15) is 17.8 Å². The minimum Gasteiger partial charge on any atom is -0.497 e. The average molecular weight is 585 g/mol. The second kappa shape index (κ2) is 12.5. The predicted octanol–water partition coefficient (Wildman–Crippen LogP) is 5.28. The third-order valence-electron chi connectivity index (χ3n) is 6.73. The first-order valence-electron chi connectivity index (χ1n) is 12.4. The van der Waals surface area contributed by atoms with Gasteiger partial charge in [0.25, 0.3) is 5.56 Å². The summed E-state index contributed by atoms with van der Waals surface area (Å²) in [6, 6.07) is 10.5. The van der Waals surface area contributed by atoms with Gasteiger partial charge < -0.3 is 24.8 Å². The van der Waals surface area contributed by atoms with Crippen molar-refractivity contribution in [2.45, 2.75) is 13.5 Å². The van der Waals surface area contributed by atoms with Crippen LogP contribution >= 0.6 is 23.2 Å². The zero-order chi connectivity index (χ0) is 29.0. The Hall–Kier alpha value is -3.95. The topological polar surface area (TPSA) is 109 Å². The van der Waals surface area contributed by atoms with Crippen LogP contribution in [0.1, 0.15) is 22.8 Å². The number of anilines is 2. The normalized spacial score (nSPS) is 16.3. The van der Waals surface area contributed by atoms with E-state index in [0.717, 1.165) is 15.9 Å². The van der Waals surface area contributed by atoms with Crippen molar-refractivity contribution >= 4 is 40.7 Å². The second-order valence-corrected chi connectivity index (χ2v) is 10.1. The zero-order valence-electron chi connectivity index (χ0n) is 22.6. The van der Waals surface area contributed by atoms with Gasteiger partial charge in [0.05, 0.1) is 37.1 Å². The Bertz CT molecular complexity index is 1490. The Kier molecular flexibility index (Phi) is 9.07. The lowest BCUT2D eigenvalue weighted by molar-refractivity contribution is 0.0598. The highest BCUT2D eigenvalue weighted by molar-refractivity contribution is 6.38. The Morgan fingerprint density at radius 3 is 2.35 bits per heavy atom. The Labute approximate surface area is 242 Å². The number of methoxy groups -OCH3 is 3. The van der Waals surface area contributed by atoms with E-state index in [2.05, 4.69) is 18.0 Å². The maximum atomic E-state index is 13.8. The molecule has 2 N–H and O–H groups in total. The average Bonchev–Trinajstić information content (AvgIpc) is 2.93. The van der Waals surface area contributed by atoms with E-state index in [9.17, 15) is 9.59 Å². The van der Waals surface area contributed by atoms with E-state index >= 15 is 0 Å². The van der Waals surface area contributed by atoms with Crippen LogP contribution in [0.4, 0.5) is 11.5 Å². The number of nitrogens with zero attached hydrogens (tertiary/aromatic N) is 3. The third kappa shape index (κ3) is 6.11. The molecule has 40 heavy (non-hydrogen) atoms. The van der Waals surface area contributed by atoms with Crippen LogP contribution in [0.25, 0.3) is 5.69 Å². The predicted molar refractivity (Wildman–Crippen MR) is 157 cm³/mol. The molecule has 0 spiro atoms. The molecule has 11 heteroatoms. The van der Waals surface area contributed by atoms with Gasteiger partial charge in [-0.2, -0.15) is 0 Å². The maximum absolute atomic E-state index is 13.8. The van der Waals surface area contributed by atoms with Gasteiger partial charge in [0.15, 0.2) is 11.4 Å². The number of rotatable bonds is 9. The van der Waals surface area contributed by atoms with E-state index in [0.29, 0.717) is 24.5 Å². The van der Waals surface area contributed by atoms with Gasteiger partial charge in [-0.25, -0.2) is 9.78 Å². The fourth-order valence-corrected chi connectivity index (χ4v) is 5.25. The smallest absolute Gasteiger partial charge is 0.347 e. The van der Waals surface area contributed by atoms with Crippen LogP contribution in [-0.4, -0.2) is 43.4 Å². The Morgan fingerprint density at radius 2 is 1.77 bits per heavy atom. The summed E-state index contributed by atoms with van der Waals surface area (Å²) in [6.07, 6.45) is 7.30. The van der Waals surface area contributed by atoms with E-state index in [4.69, 9.17) is 43.1 Å². The first-order valence-corrected chi connectivity index (χ1v) is 13.2. The standard InChI is InChI=1S/C29H30Cl2N4O5/c1-17-11-22(39-3)10-7-19(17)15-34(14-18-5-8-21(38-2)9-6-18)27-25(29(37)40-4)28(36)35(16-33-27)26-23(30)12-20(32)13-24(26)31/h5-13,16-17,19H,14-15,32H2,1-4H3. The summed E-state index contributed by atoms with van der Waals surface area (Å²) in [4.78, 5) is 33.4. The van der Waals surface area contributed by atoms with Gasteiger partial charge in [-0.1, -0.05) is 48.3 Å². The van der Waals surface area contributed by atoms with Crippen LogP contribution in [0.2, 0.25) is 10.0 Å². The number of benzene rings is 2. The van der Waals surface area contributed by atoms with Crippen LogP contribution in [0.5, 0.6) is 5.75 Å². The number of carbonyl (C=O) groups is 1. The van der Waals surface area contributed by atoms with Gasteiger partial charge in [0, 0.05) is 24.7 Å². The molecular weight excluding hydrogens is 555 g/mol. The lowest BCUT2D eigenvalue weighted by atomic mass is 9.88. The molecule has 2 aromatic carbocycles. The number of esters is 1. The monoisotopic (exact) mass is 584 g/mol. The van der Waals surface area contributed by atoms with E-state index in [-0.39, 0.29) is 38.9 Å². The van der Waals surface area contributed by atoms with Crippen LogP contribution in [-0.2, 0) is 16.0 Å². The van der Waals surface area contributed by atoms with Crippen molar-refractivity contribution in [3.63, 3.8) is 0 Å². The highest BCUT2D eigenvalue weighted by Gasteiger charge is 2.29. The number of halogens is 2. The molecular formula is C29H30Cl2N4O5. The van der Waals surface area contributed by atoms with E-state index in [1.165, 1.54) is 25.6 Å². The molecule has 1 aromatic heterocycles. The molecule has 4 rings (SSSR count). The van der Waals surface area contributed by atoms with Crippen molar-refractivity contribution in [2.75, 3.05) is 38.5 Å². The number of hydrogen-bond acceptors (Lipinski definition) is 8. The summed E-state index contributed by atoms with van der Waals surface area (Å²) in [6.45, 7) is 2.88. The highest BCUT2D eigenvalue weighted by atomic mass is 35.5. The molecule has 0 bridgehead atoms. The number of allylic oxidation sites excluding steroid dienone is 2. The minimum absolute atomic E-state index is 0.0351. The first kappa shape index (κ1) is 29.0. The van der Waals surface area contributed by atoms with Crippen LogP contribution < -0.4 is 20.9 Å². The molecule has 9 nitrogen and oxygen atoms in total. The molecule has 1 aliphatic rings. The SMILES string of the molecule is COC(=O)c1c(N(Cc2ccc(OC)cc2)CC2C=CC(OC)=CC2C)ncn(-c2c(Cl)cc(N)cc2Cl)c1=O. The van der Waals surface area contributed by atoms with Gasteiger partial charge >= 0.3 is 5.97 Å². The Balaban J connectivity index is 1.84. The van der Waals surface area contributed by atoms with Gasteiger partial charge in [-0.3, -0.25) is 9.36 Å². The molecule has 0 aliphatic heterocycles. The Morgan fingerprint density at radius 1 is 1.10 bits per heavy atom. The molecule has 0 amide bonds. The summed E-state index contributed by atoms with van der Waals surface area (Å²) >= 11 is 12.8. The molecule has 0 saturated heterocycles. The molecule has 1 aliphatic carbocycles. The molecule has 0 fully saturated rings. The summed E-state index contributed by atoms with van der Waals surface area (Å²) < 4.78 is 16.8. The fourth-order valence-electron chi connectivity index (χ4n) is 4.57. The fraction of sp³-hybridized carbons (Fsp3) is 0.276. The molecule has 2 unspecified atom stereocenters. The molecule has 0 saturated carbocycles. The number of hydrogen-bond donors (Lipinski definition) is 1. The number of carbonyl (C=O) groups excluding carboxylic acids is 1. The van der Waals surface area contributed by atoms with E-state index in [1.807, 2.05) is 41.3 Å². The molecule has 1 heterocycles. The molecule has 0 radical (unpaired) electrons. The van der Waals surface area contributed by atoms with Crippen molar-refractivity contribution in [1.82, 2.24) is 9.55 Å².